The van der Waals surface area contributed by atoms with E-state index in [2.05, 4.69) is 17.6 Å². The summed E-state index contributed by atoms with van der Waals surface area (Å²) in [5.41, 5.74) is 0.888. The second kappa shape index (κ2) is 6.79. The number of nitrogens with one attached hydrogen (secondary N) is 2. The van der Waals surface area contributed by atoms with Crippen molar-refractivity contribution in [3.63, 3.8) is 0 Å². The van der Waals surface area contributed by atoms with Gasteiger partial charge in [0.1, 0.15) is 0 Å². The van der Waals surface area contributed by atoms with Gasteiger partial charge in [0.25, 0.3) is 0 Å². The maximum absolute atomic E-state index is 11.9. The molecular weight excluding hydrogens is 295 g/mol. The van der Waals surface area contributed by atoms with Gasteiger partial charge in [-0.2, -0.15) is 0 Å². The molecule has 0 heterocycles. The summed E-state index contributed by atoms with van der Waals surface area (Å²) in [7, 11) is 0. The average molecular weight is 315 g/mol. The zero-order valence-corrected chi connectivity index (χ0v) is 13.2. The molecule has 0 unspecified atom stereocenters. The number of hydrogen-bond donors (Lipinski definition) is 2. The van der Waals surface area contributed by atoms with Crippen molar-refractivity contribution in [2.75, 3.05) is 18.4 Å². The number of hydrogen-bond acceptors (Lipinski definition) is 2. The quantitative estimate of drug-likeness (QED) is 0.830. The van der Waals surface area contributed by atoms with Crippen molar-refractivity contribution < 1.29 is 4.79 Å². The SMILES string of the molecule is CCC1(CNCC(=O)Nc2c(Cl)cccc2Cl)CCC1. The molecule has 0 spiro atoms. The average Bonchev–Trinajstić information content (AvgIpc) is 2.37. The van der Waals surface area contributed by atoms with Gasteiger partial charge in [0.05, 0.1) is 22.3 Å². The first-order valence-corrected chi connectivity index (χ1v) is 7.76. The third-order valence-corrected chi connectivity index (χ3v) is 4.81. The van der Waals surface area contributed by atoms with Crippen LogP contribution in [-0.4, -0.2) is 19.0 Å². The molecule has 0 aromatic heterocycles. The summed E-state index contributed by atoms with van der Waals surface area (Å²) in [6.07, 6.45) is 4.98. The highest BCUT2D eigenvalue weighted by Crippen LogP contribution is 2.42. The fourth-order valence-corrected chi connectivity index (χ4v) is 3.07. The van der Waals surface area contributed by atoms with Crippen LogP contribution >= 0.6 is 23.2 Å². The molecule has 1 aromatic carbocycles. The minimum absolute atomic E-state index is 0.120. The van der Waals surface area contributed by atoms with Crippen molar-refractivity contribution in [2.24, 2.45) is 5.41 Å². The molecule has 1 saturated carbocycles. The number of rotatable bonds is 6. The van der Waals surface area contributed by atoms with E-state index >= 15 is 0 Å². The van der Waals surface area contributed by atoms with E-state index in [-0.39, 0.29) is 12.5 Å². The van der Waals surface area contributed by atoms with Gasteiger partial charge in [-0.3, -0.25) is 4.79 Å². The van der Waals surface area contributed by atoms with E-state index in [0.29, 0.717) is 21.1 Å². The summed E-state index contributed by atoms with van der Waals surface area (Å²) < 4.78 is 0. The third-order valence-electron chi connectivity index (χ3n) is 4.18. The Morgan fingerprint density at radius 3 is 2.45 bits per heavy atom. The molecule has 0 atom stereocenters. The van der Waals surface area contributed by atoms with Gasteiger partial charge in [0.2, 0.25) is 5.91 Å². The van der Waals surface area contributed by atoms with Crippen molar-refractivity contribution in [3.05, 3.63) is 28.2 Å². The normalized spacial score (nSPS) is 16.6. The van der Waals surface area contributed by atoms with E-state index in [0.717, 1.165) is 13.0 Å². The number of para-hydroxylation sites is 1. The van der Waals surface area contributed by atoms with E-state index in [4.69, 9.17) is 23.2 Å². The van der Waals surface area contributed by atoms with Crippen LogP contribution in [0.4, 0.5) is 5.69 Å². The maximum atomic E-state index is 11.9. The summed E-state index contributed by atoms with van der Waals surface area (Å²) in [4.78, 5) is 11.9. The van der Waals surface area contributed by atoms with Gasteiger partial charge < -0.3 is 10.6 Å². The van der Waals surface area contributed by atoms with Crippen LogP contribution in [-0.2, 0) is 4.79 Å². The molecule has 0 aliphatic heterocycles. The van der Waals surface area contributed by atoms with Crippen LogP contribution in [0, 0.1) is 5.41 Å². The van der Waals surface area contributed by atoms with Crippen molar-refractivity contribution >= 4 is 34.8 Å². The predicted octanol–water partition coefficient (Wildman–Crippen LogP) is 4.10. The number of carbonyl (C=O) groups excluding carboxylic acids is 1. The van der Waals surface area contributed by atoms with Gasteiger partial charge in [-0.25, -0.2) is 0 Å². The molecule has 2 rings (SSSR count). The van der Waals surface area contributed by atoms with E-state index in [9.17, 15) is 4.79 Å². The molecule has 0 bridgehead atoms. The van der Waals surface area contributed by atoms with Gasteiger partial charge in [0, 0.05) is 6.54 Å². The van der Waals surface area contributed by atoms with Crippen molar-refractivity contribution in [1.29, 1.82) is 0 Å². The smallest absolute Gasteiger partial charge is 0.238 e. The molecule has 0 saturated heterocycles. The predicted molar refractivity (Wildman–Crippen MR) is 84.5 cm³/mol. The van der Waals surface area contributed by atoms with Crippen LogP contribution in [0.1, 0.15) is 32.6 Å². The summed E-state index contributed by atoms with van der Waals surface area (Å²) in [5.74, 6) is -0.120. The second-order valence-electron chi connectivity index (χ2n) is 5.46. The summed E-state index contributed by atoms with van der Waals surface area (Å²) in [6.45, 7) is 3.39. The lowest BCUT2D eigenvalue weighted by atomic mass is 9.67. The molecule has 5 heteroatoms. The molecule has 1 aliphatic carbocycles. The lowest BCUT2D eigenvalue weighted by Gasteiger charge is -2.41. The lowest BCUT2D eigenvalue weighted by Crippen LogP contribution is -2.41. The molecule has 20 heavy (non-hydrogen) atoms. The molecule has 1 aromatic rings. The molecule has 3 nitrogen and oxygen atoms in total. The van der Waals surface area contributed by atoms with Crippen LogP contribution < -0.4 is 10.6 Å². The van der Waals surface area contributed by atoms with Gasteiger partial charge in [-0.15, -0.1) is 0 Å². The van der Waals surface area contributed by atoms with Crippen LogP contribution in [0.3, 0.4) is 0 Å². The van der Waals surface area contributed by atoms with E-state index < -0.39 is 0 Å². The largest absolute Gasteiger partial charge is 0.322 e. The fourth-order valence-electron chi connectivity index (χ4n) is 2.57. The molecule has 1 fully saturated rings. The maximum Gasteiger partial charge on any atom is 0.238 e. The van der Waals surface area contributed by atoms with Crippen LogP contribution in [0.25, 0.3) is 0 Å². The highest BCUT2D eigenvalue weighted by Gasteiger charge is 2.34. The zero-order valence-electron chi connectivity index (χ0n) is 11.6. The minimum atomic E-state index is -0.120. The molecule has 2 N–H and O–H groups in total. The monoisotopic (exact) mass is 314 g/mol. The topological polar surface area (TPSA) is 41.1 Å². The molecule has 0 radical (unpaired) electrons. The zero-order chi connectivity index (χ0) is 14.6. The van der Waals surface area contributed by atoms with Gasteiger partial charge >= 0.3 is 0 Å². The number of carbonyl (C=O) groups is 1. The first-order valence-electron chi connectivity index (χ1n) is 7.01. The third kappa shape index (κ3) is 3.66. The Morgan fingerprint density at radius 1 is 1.30 bits per heavy atom. The van der Waals surface area contributed by atoms with Crippen molar-refractivity contribution in [2.45, 2.75) is 32.6 Å². The highest BCUT2D eigenvalue weighted by molar-refractivity contribution is 6.39. The highest BCUT2D eigenvalue weighted by atomic mass is 35.5. The second-order valence-corrected chi connectivity index (χ2v) is 6.27. The standard InChI is InChI=1S/C15H20Cl2N2O/c1-2-15(7-4-8-15)10-18-9-13(20)19-14-11(16)5-3-6-12(14)17/h3,5-6,18H,2,4,7-10H2,1H3,(H,19,20). The molecule has 1 amide bonds. The summed E-state index contributed by atoms with van der Waals surface area (Å²) in [6, 6.07) is 5.16. The van der Waals surface area contributed by atoms with E-state index in [1.165, 1.54) is 19.3 Å². The number of benzene rings is 1. The Morgan fingerprint density at radius 2 is 1.95 bits per heavy atom. The Kier molecular flexibility index (Phi) is 5.30. The molecule has 110 valence electrons. The lowest BCUT2D eigenvalue weighted by molar-refractivity contribution is -0.115. The Hall–Kier alpha value is -0.770. The Balaban J connectivity index is 1.81. The first kappa shape index (κ1) is 15.6. The van der Waals surface area contributed by atoms with E-state index in [1.54, 1.807) is 18.2 Å². The van der Waals surface area contributed by atoms with Crippen LogP contribution in [0.15, 0.2) is 18.2 Å². The van der Waals surface area contributed by atoms with Gasteiger partial charge in [-0.05, 0) is 36.8 Å². The molecule has 1 aliphatic rings. The van der Waals surface area contributed by atoms with Crippen LogP contribution in [0.5, 0.6) is 0 Å². The Bertz CT molecular complexity index is 461. The first-order chi connectivity index (χ1) is 9.56. The fraction of sp³-hybridized carbons (Fsp3) is 0.533. The van der Waals surface area contributed by atoms with Crippen LogP contribution in [0.2, 0.25) is 10.0 Å². The number of halogens is 2. The molecular formula is C15H20Cl2N2O. The summed E-state index contributed by atoms with van der Waals surface area (Å²) in [5, 5.41) is 6.90. The number of amides is 1. The Labute approximate surface area is 130 Å². The summed E-state index contributed by atoms with van der Waals surface area (Å²) >= 11 is 12.0. The minimum Gasteiger partial charge on any atom is -0.322 e. The van der Waals surface area contributed by atoms with Crippen molar-refractivity contribution in [1.82, 2.24) is 5.32 Å². The van der Waals surface area contributed by atoms with Crippen molar-refractivity contribution in [3.8, 4) is 0 Å². The van der Waals surface area contributed by atoms with Gasteiger partial charge in [-0.1, -0.05) is 42.6 Å². The van der Waals surface area contributed by atoms with E-state index in [1.807, 2.05) is 0 Å². The van der Waals surface area contributed by atoms with Gasteiger partial charge in [0.15, 0.2) is 0 Å². The number of anilines is 1.